The monoisotopic (exact) mass is 495 g/mol. The minimum atomic E-state index is -5.68. The number of alkyl halides is 6. The zero-order valence-electron chi connectivity index (χ0n) is 18.3. The Balaban J connectivity index is 2.10. The van der Waals surface area contributed by atoms with Gasteiger partial charge in [0, 0.05) is 11.1 Å². The predicted octanol–water partition coefficient (Wildman–Crippen LogP) is 7.99. The third-order valence-corrected chi connectivity index (χ3v) is 6.58. The summed E-state index contributed by atoms with van der Waals surface area (Å²) in [6, 6.07) is 15.8. The van der Waals surface area contributed by atoms with Gasteiger partial charge in [0.05, 0.1) is 12.7 Å². The van der Waals surface area contributed by atoms with E-state index >= 15 is 17.6 Å². The third-order valence-electron chi connectivity index (χ3n) is 5.52. The second kappa shape index (κ2) is 8.30. The Kier molecular flexibility index (Phi) is 5.88. The molecule has 34 heavy (non-hydrogen) atoms. The number of thiazole rings is 1. The first-order chi connectivity index (χ1) is 15.9. The number of halogens is 6. The molecule has 0 saturated heterocycles. The zero-order chi connectivity index (χ0) is 24.9. The molecule has 1 heterocycles. The number of methoxy groups -OCH3 is 1. The second-order valence-electron chi connectivity index (χ2n) is 7.94. The van der Waals surface area contributed by atoms with Gasteiger partial charge in [0.1, 0.15) is 10.7 Å². The van der Waals surface area contributed by atoms with Gasteiger partial charge in [-0.2, -0.15) is 26.3 Å². The van der Waals surface area contributed by atoms with Crippen LogP contribution in [0.1, 0.15) is 25.1 Å². The van der Waals surface area contributed by atoms with Crippen molar-refractivity contribution in [2.75, 3.05) is 7.11 Å². The fourth-order valence-corrected chi connectivity index (χ4v) is 4.86. The average Bonchev–Trinajstić information content (AvgIpc) is 3.26. The van der Waals surface area contributed by atoms with E-state index in [0.717, 1.165) is 18.4 Å². The molecule has 1 aliphatic rings. The Morgan fingerprint density at radius 2 is 1.38 bits per heavy atom. The van der Waals surface area contributed by atoms with Crippen molar-refractivity contribution < 1.29 is 31.1 Å². The van der Waals surface area contributed by atoms with Crippen LogP contribution in [0.15, 0.2) is 71.8 Å². The lowest BCUT2D eigenvalue weighted by Gasteiger charge is -2.26. The van der Waals surface area contributed by atoms with E-state index in [9.17, 15) is 8.78 Å². The lowest BCUT2D eigenvalue weighted by molar-refractivity contribution is -0.258. The summed E-state index contributed by atoms with van der Waals surface area (Å²) in [4.78, 5) is 4.11. The Labute approximate surface area is 196 Å². The van der Waals surface area contributed by atoms with Crippen molar-refractivity contribution in [3.63, 3.8) is 0 Å². The first kappa shape index (κ1) is 24.1. The maximum atomic E-state index is 15.3. The normalized spacial score (nSPS) is 18.1. The molecule has 0 aliphatic heterocycles. The van der Waals surface area contributed by atoms with Crippen LogP contribution in [0, 0.1) is 0 Å². The molecule has 1 aliphatic carbocycles. The summed E-state index contributed by atoms with van der Waals surface area (Å²) in [6.45, 7) is 2.82. The fraction of sp³-hybridized carbons (Fsp3) is 0.240. The molecule has 0 unspecified atom stereocenters. The molecule has 0 bridgehead atoms. The number of allylic oxidation sites excluding steroid dienone is 4. The lowest BCUT2D eigenvalue weighted by atomic mass is 9.89. The van der Waals surface area contributed by atoms with Gasteiger partial charge in [0.15, 0.2) is 0 Å². The first-order valence-electron chi connectivity index (χ1n) is 10.2. The van der Waals surface area contributed by atoms with Crippen LogP contribution in [-0.2, 0) is 0 Å². The molecule has 0 spiro atoms. The van der Waals surface area contributed by atoms with E-state index in [0.29, 0.717) is 5.56 Å². The quantitative estimate of drug-likeness (QED) is 0.335. The third kappa shape index (κ3) is 3.45. The van der Waals surface area contributed by atoms with E-state index in [1.54, 1.807) is 36.4 Å². The van der Waals surface area contributed by atoms with Crippen LogP contribution in [0.4, 0.5) is 26.3 Å². The molecule has 178 valence electrons. The standard InChI is InChI=1S/C25H19F6NOS/c1-14(2)17(15-10-6-4-7-11-15)18-19(24(28,29)25(30,31)23(18,26)27)20-22(33-3)34-21(32-20)16-12-8-5-9-13-16/h4-13H,1-3H3. The van der Waals surface area contributed by atoms with Crippen molar-refractivity contribution >= 4 is 22.5 Å². The van der Waals surface area contributed by atoms with Crippen LogP contribution in [-0.4, -0.2) is 29.9 Å². The molecule has 9 heteroatoms. The number of nitrogens with zero attached hydrogens (tertiary/aromatic N) is 1. The number of ether oxygens (including phenoxy) is 1. The molecular weight excluding hydrogens is 476 g/mol. The summed E-state index contributed by atoms with van der Waals surface area (Å²) < 4.78 is 95.8. The van der Waals surface area contributed by atoms with Gasteiger partial charge >= 0.3 is 17.8 Å². The zero-order valence-corrected chi connectivity index (χ0v) is 19.1. The summed E-state index contributed by atoms with van der Waals surface area (Å²) in [5.41, 5.74) is -3.30. The number of hydrogen-bond acceptors (Lipinski definition) is 3. The van der Waals surface area contributed by atoms with E-state index in [1.807, 2.05) is 0 Å². The predicted molar refractivity (Wildman–Crippen MR) is 121 cm³/mol. The molecule has 0 radical (unpaired) electrons. The average molecular weight is 495 g/mol. The fourth-order valence-electron chi connectivity index (χ4n) is 3.97. The number of aromatic nitrogens is 1. The van der Waals surface area contributed by atoms with Gasteiger partial charge in [-0.3, -0.25) is 0 Å². The van der Waals surface area contributed by atoms with Crippen molar-refractivity contribution in [1.29, 1.82) is 0 Å². The van der Waals surface area contributed by atoms with Crippen molar-refractivity contribution in [3.8, 4) is 15.6 Å². The molecular formula is C25H19F6NOS. The number of hydrogen-bond donors (Lipinski definition) is 0. The van der Waals surface area contributed by atoms with Gasteiger partial charge < -0.3 is 4.74 Å². The van der Waals surface area contributed by atoms with Crippen molar-refractivity contribution in [2.24, 2.45) is 0 Å². The Morgan fingerprint density at radius 1 is 0.824 bits per heavy atom. The van der Waals surface area contributed by atoms with Crippen molar-refractivity contribution in [2.45, 2.75) is 31.6 Å². The highest BCUT2D eigenvalue weighted by molar-refractivity contribution is 7.17. The topological polar surface area (TPSA) is 22.1 Å². The molecule has 4 rings (SSSR count). The summed E-state index contributed by atoms with van der Waals surface area (Å²) in [7, 11) is 1.15. The van der Waals surface area contributed by atoms with Gasteiger partial charge in [-0.1, -0.05) is 77.6 Å². The van der Waals surface area contributed by atoms with Crippen LogP contribution in [0.5, 0.6) is 5.06 Å². The largest absolute Gasteiger partial charge is 0.486 e. The highest BCUT2D eigenvalue weighted by Gasteiger charge is 2.81. The maximum absolute atomic E-state index is 15.3. The van der Waals surface area contributed by atoms with E-state index in [4.69, 9.17) is 4.74 Å². The summed E-state index contributed by atoms with van der Waals surface area (Å²) in [5.74, 6) is -16.1. The molecule has 0 atom stereocenters. The van der Waals surface area contributed by atoms with Crippen molar-refractivity contribution in [1.82, 2.24) is 4.98 Å². The summed E-state index contributed by atoms with van der Waals surface area (Å²) in [6.07, 6.45) is 0. The summed E-state index contributed by atoms with van der Waals surface area (Å²) in [5, 5.41) is -0.0900. The minimum Gasteiger partial charge on any atom is -0.486 e. The molecule has 3 aromatic rings. The number of rotatable bonds is 5. The van der Waals surface area contributed by atoms with Gasteiger partial charge in [0.2, 0.25) is 5.06 Å². The Bertz CT molecular complexity index is 1280. The van der Waals surface area contributed by atoms with E-state index in [1.165, 1.54) is 38.1 Å². The van der Waals surface area contributed by atoms with Crippen LogP contribution >= 0.6 is 11.3 Å². The van der Waals surface area contributed by atoms with Gasteiger partial charge in [-0.15, -0.1) is 0 Å². The maximum Gasteiger partial charge on any atom is 0.380 e. The molecule has 2 nitrogen and oxygen atoms in total. The number of benzene rings is 2. The van der Waals surface area contributed by atoms with E-state index in [2.05, 4.69) is 4.98 Å². The van der Waals surface area contributed by atoms with E-state index in [-0.39, 0.29) is 26.8 Å². The van der Waals surface area contributed by atoms with Crippen molar-refractivity contribution in [3.05, 3.63) is 83.1 Å². The van der Waals surface area contributed by atoms with Gasteiger partial charge in [0.25, 0.3) is 0 Å². The highest BCUT2D eigenvalue weighted by Crippen LogP contribution is 2.65. The van der Waals surface area contributed by atoms with Gasteiger partial charge in [-0.25, -0.2) is 4.98 Å². The highest BCUT2D eigenvalue weighted by atomic mass is 32.1. The molecule has 2 aromatic carbocycles. The summed E-state index contributed by atoms with van der Waals surface area (Å²) >= 11 is 0.812. The van der Waals surface area contributed by atoms with Gasteiger partial charge in [-0.05, 0) is 25.0 Å². The SMILES string of the molecule is COc1sc(-c2ccccc2)nc1C1=C(C(=C(C)C)c2ccccc2)C(F)(F)C(F)(F)C1(F)F. The first-order valence-corrected chi connectivity index (χ1v) is 11.0. The molecule has 0 amide bonds. The van der Waals surface area contributed by atoms with E-state index < -0.39 is 34.6 Å². The molecule has 0 N–H and O–H groups in total. The Hall–Kier alpha value is -3.07. The second-order valence-corrected chi connectivity index (χ2v) is 8.90. The molecule has 0 fully saturated rings. The molecule has 1 aromatic heterocycles. The van der Waals surface area contributed by atoms with Crippen LogP contribution < -0.4 is 4.74 Å². The lowest BCUT2D eigenvalue weighted by Crippen LogP contribution is -2.49. The Morgan fingerprint density at radius 3 is 1.91 bits per heavy atom. The van der Waals surface area contributed by atoms with Crippen LogP contribution in [0.2, 0.25) is 0 Å². The molecule has 0 saturated carbocycles. The smallest absolute Gasteiger partial charge is 0.380 e. The van der Waals surface area contributed by atoms with Crippen LogP contribution in [0.25, 0.3) is 21.7 Å². The van der Waals surface area contributed by atoms with Crippen LogP contribution in [0.3, 0.4) is 0 Å². The minimum absolute atomic E-state index is 0.112.